The molecule has 0 aliphatic carbocycles. The van der Waals surface area contributed by atoms with Gasteiger partial charge in [-0.25, -0.2) is 4.79 Å². The van der Waals surface area contributed by atoms with E-state index in [1.807, 2.05) is 70.8 Å². The van der Waals surface area contributed by atoms with Gasteiger partial charge >= 0.3 is 5.97 Å². The van der Waals surface area contributed by atoms with Crippen LogP contribution >= 0.6 is 0 Å². The summed E-state index contributed by atoms with van der Waals surface area (Å²) in [4.78, 5) is 14.0. The van der Waals surface area contributed by atoms with Crippen LogP contribution in [0.4, 0.5) is 5.69 Å². The van der Waals surface area contributed by atoms with Crippen molar-refractivity contribution in [2.45, 2.75) is 46.3 Å². The van der Waals surface area contributed by atoms with Crippen LogP contribution in [0.2, 0.25) is 0 Å². The highest BCUT2D eigenvalue weighted by molar-refractivity contribution is 5.80. The summed E-state index contributed by atoms with van der Waals surface area (Å²) in [6.07, 6.45) is 0. The zero-order chi connectivity index (χ0) is 13.9. The third-order valence-corrected chi connectivity index (χ3v) is 2.82. The van der Waals surface area contributed by atoms with E-state index in [0.29, 0.717) is 0 Å². The average Bonchev–Trinajstić information content (AvgIpc) is 2.25. The second-order valence-corrected chi connectivity index (χ2v) is 5.61. The Morgan fingerprint density at radius 2 is 1.83 bits per heavy atom. The Balaban J connectivity index is 2.82. The SMILES string of the molecule is Cc1ccccc1N(C)C(C)C(=O)OC(C)(C)C. The molecule has 0 radical (unpaired) electrons. The summed E-state index contributed by atoms with van der Waals surface area (Å²) in [6, 6.07) is 7.71. The Morgan fingerprint density at radius 3 is 2.33 bits per heavy atom. The van der Waals surface area contributed by atoms with E-state index >= 15 is 0 Å². The number of esters is 1. The molecule has 3 nitrogen and oxygen atoms in total. The lowest BCUT2D eigenvalue weighted by molar-refractivity contribution is -0.155. The van der Waals surface area contributed by atoms with Crippen molar-refractivity contribution < 1.29 is 9.53 Å². The van der Waals surface area contributed by atoms with E-state index in [1.165, 1.54) is 0 Å². The van der Waals surface area contributed by atoms with E-state index < -0.39 is 5.60 Å². The minimum Gasteiger partial charge on any atom is -0.458 e. The topological polar surface area (TPSA) is 29.5 Å². The number of benzene rings is 1. The number of aryl methyl sites for hydroxylation is 1. The van der Waals surface area contributed by atoms with Gasteiger partial charge in [0, 0.05) is 12.7 Å². The molecular weight excluding hydrogens is 226 g/mol. The van der Waals surface area contributed by atoms with Crippen molar-refractivity contribution >= 4 is 11.7 Å². The normalized spacial score (nSPS) is 13.0. The fourth-order valence-corrected chi connectivity index (χ4v) is 1.71. The maximum absolute atomic E-state index is 12.0. The van der Waals surface area contributed by atoms with Crippen LogP contribution < -0.4 is 4.90 Å². The van der Waals surface area contributed by atoms with Crippen LogP contribution in [0, 0.1) is 6.92 Å². The van der Waals surface area contributed by atoms with Gasteiger partial charge in [-0.3, -0.25) is 0 Å². The second kappa shape index (κ2) is 5.42. The number of carbonyl (C=O) groups is 1. The number of anilines is 1. The molecule has 0 saturated heterocycles. The average molecular weight is 249 g/mol. The Morgan fingerprint density at radius 1 is 1.28 bits per heavy atom. The lowest BCUT2D eigenvalue weighted by Crippen LogP contribution is -2.40. The van der Waals surface area contributed by atoms with Crippen LogP contribution in [0.1, 0.15) is 33.3 Å². The van der Waals surface area contributed by atoms with E-state index in [-0.39, 0.29) is 12.0 Å². The molecule has 1 aromatic rings. The van der Waals surface area contributed by atoms with Gasteiger partial charge in [-0.15, -0.1) is 0 Å². The van der Waals surface area contributed by atoms with Gasteiger partial charge in [0.25, 0.3) is 0 Å². The first kappa shape index (κ1) is 14.6. The molecule has 0 bridgehead atoms. The van der Waals surface area contributed by atoms with Crippen molar-refractivity contribution in [3.8, 4) is 0 Å². The maximum atomic E-state index is 12.0. The van der Waals surface area contributed by atoms with Gasteiger partial charge < -0.3 is 9.64 Å². The first-order valence-electron chi connectivity index (χ1n) is 6.23. The zero-order valence-electron chi connectivity index (χ0n) is 12.2. The highest BCUT2D eigenvalue weighted by Gasteiger charge is 2.25. The van der Waals surface area contributed by atoms with E-state index in [2.05, 4.69) is 0 Å². The van der Waals surface area contributed by atoms with Crippen molar-refractivity contribution in [3.63, 3.8) is 0 Å². The molecule has 1 aromatic carbocycles. The number of ether oxygens (including phenoxy) is 1. The van der Waals surface area contributed by atoms with Crippen LogP contribution in [0.25, 0.3) is 0 Å². The van der Waals surface area contributed by atoms with E-state index in [9.17, 15) is 4.79 Å². The third kappa shape index (κ3) is 3.76. The molecule has 0 spiro atoms. The molecule has 1 atom stereocenters. The van der Waals surface area contributed by atoms with Crippen LogP contribution in [-0.4, -0.2) is 24.7 Å². The molecule has 18 heavy (non-hydrogen) atoms. The summed E-state index contributed by atoms with van der Waals surface area (Å²) in [7, 11) is 1.91. The molecule has 0 aliphatic heterocycles. The molecule has 0 heterocycles. The Hall–Kier alpha value is -1.51. The summed E-state index contributed by atoms with van der Waals surface area (Å²) in [5.74, 6) is -0.201. The first-order valence-corrected chi connectivity index (χ1v) is 6.23. The number of hydrogen-bond donors (Lipinski definition) is 0. The molecule has 1 unspecified atom stereocenters. The van der Waals surface area contributed by atoms with Gasteiger partial charge in [-0.1, -0.05) is 18.2 Å². The fourth-order valence-electron chi connectivity index (χ4n) is 1.71. The predicted molar refractivity (Wildman–Crippen MR) is 74.9 cm³/mol. The van der Waals surface area contributed by atoms with Gasteiger partial charge in [0.1, 0.15) is 11.6 Å². The van der Waals surface area contributed by atoms with E-state index in [1.54, 1.807) is 0 Å². The largest absolute Gasteiger partial charge is 0.458 e. The van der Waals surface area contributed by atoms with Crippen LogP contribution in [0.3, 0.4) is 0 Å². The predicted octanol–water partition coefficient (Wildman–Crippen LogP) is 3.16. The van der Waals surface area contributed by atoms with Crippen LogP contribution in [0.15, 0.2) is 24.3 Å². The molecule has 3 heteroatoms. The molecule has 1 rings (SSSR count). The summed E-state index contributed by atoms with van der Waals surface area (Å²) < 4.78 is 5.40. The fraction of sp³-hybridized carbons (Fsp3) is 0.533. The van der Waals surface area contributed by atoms with Gasteiger partial charge in [0.05, 0.1) is 0 Å². The molecule has 0 saturated carbocycles. The number of rotatable bonds is 3. The van der Waals surface area contributed by atoms with Gasteiger partial charge in [-0.05, 0) is 46.2 Å². The standard InChI is InChI=1S/C15H23NO2/c1-11-9-7-8-10-13(11)16(6)12(2)14(17)18-15(3,4)5/h7-10,12H,1-6H3. The molecule has 0 aromatic heterocycles. The number of hydrogen-bond acceptors (Lipinski definition) is 3. The smallest absolute Gasteiger partial charge is 0.328 e. The monoisotopic (exact) mass is 249 g/mol. The minimum absolute atomic E-state index is 0.201. The maximum Gasteiger partial charge on any atom is 0.328 e. The zero-order valence-corrected chi connectivity index (χ0v) is 12.2. The van der Waals surface area contributed by atoms with Crippen molar-refractivity contribution in [3.05, 3.63) is 29.8 Å². The van der Waals surface area contributed by atoms with Crippen molar-refractivity contribution in [1.29, 1.82) is 0 Å². The highest BCUT2D eigenvalue weighted by Crippen LogP contribution is 2.21. The Labute approximate surface area is 110 Å². The number of nitrogens with zero attached hydrogens (tertiary/aromatic N) is 1. The lowest BCUT2D eigenvalue weighted by atomic mass is 10.1. The molecule has 0 aliphatic rings. The second-order valence-electron chi connectivity index (χ2n) is 5.61. The molecule has 0 N–H and O–H groups in total. The van der Waals surface area contributed by atoms with Crippen LogP contribution in [-0.2, 0) is 9.53 Å². The molecule has 0 amide bonds. The number of para-hydroxylation sites is 1. The highest BCUT2D eigenvalue weighted by atomic mass is 16.6. The van der Waals surface area contributed by atoms with Crippen molar-refractivity contribution in [2.24, 2.45) is 0 Å². The minimum atomic E-state index is -0.447. The summed E-state index contributed by atoms with van der Waals surface area (Å²) in [6.45, 7) is 9.54. The number of likely N-dealkylation sites (N-methyl/N-ethyl adjacent to an activating group) is 1. The van der Waals surface area contributed by atoms with E-state index in [0.717, 1.165) is 11.3 Å². The van der Waals surface area contributed by atoms with Crippen molar-refractivity contribution in [2.75, 3.05) is 11.9 Å². The molecule has 0 fully saturated rings. The third-order valence-electron chi connectivity index (χ3n) is 2.82. The summed E-state index contributed by atoms with van der Waals surface area (Å²) >= 11 is 0. The van der Waals surface area contributed by atoms with Crippen LogP contribution in [0.5, 0.6) is 0 Å². The van der Waals surface area contributed by atoms with Crippen molar-refractivity contribution in [1.82, 2.24) is 0 Å². The lowest BCUT2D eigenvalue weighted by Gasteiger charge is -2.29. The van der Waals surface area contributed by atoms with Gasteiger partial charge in [0.15, 0.2) is 0 Å². The molecule has 100 valence electrons. The summed E-state index contributed by atoms with van der Waals surface area (Å²) in [5.41, 5.74) is 1.75. The molecular formula is C15H23NO2. The summed E-state index contributed by atoms with van der Waals surface area (Å²) in [5, 5.41) is 0. The first-order chi connectivity index (χ1) is 8.22. The van der Waals surface area contributed by atoms with Gasteiger partial charge in [-0.2, -0.15) is 0 Å². The van der Waals surface area contributed by atoms with Gasteiger partial charge in [0.2, 0.25) is 0 Å². The quantitative estimate of drug-likeness (QED) is 0.771. The Kier molecular flexibility index (Phi) is 4.38. The number of carbonyl (C=O) groups excluding carboxylic acids is 1. The van der Waals surface area contributed by atoms with E-state index in [4.69, 9.17) is 4.74 Å². The Bertz CT molecular complexity index is 421.